The Morgan fingerprint density at radius 2 is 2.30 bits per heavy atom. The van der Waals surface area contributed by atoms with Gasteiger partial charge >= 0.3 is 0 Å². The Balaban J connectivity index is 1.49. The highest BCUT2D eigenvalue weighted by Gasteiger charge is 2.45. The normalized spacial score (nSPS) is 23.8. The minimum absolute atomic E-state index is 0.194. The number of benzene rings is 1. The predicted octanol–water partition coefficient (Wildman–Crippen LogP) is 2.79. The standard InChI is InChI=1S/C17H19N3O2S/c1-18-16-19-12(10-23-16)9-20-7-6-17(11-20)8-14(21)13-4-2-3-5-15(13)22-17/h2-5,10H,6-9,11H2,1H3,(H,18,19). The van der Waals surface area contributed by atoms with Crippen molar-refractivity contribution in [1.82, 2.24) is 9.88 Å². The molecule has 2 aliphatic rings. The Morgan fingerprint density at radius 1 is 1.43 bits per heavy atom. The van der Waals surface area contributed by atoms with Gasteiger partial charge in [0.05, 0.1) is 17.7 Å². The van der Waals surface area contributed by atoms with Crippen molar-refractivity contribution in [3.8, 4) is 5.75 Å². The van der Waals surface area contributed by atoms with Crippen molar-refractivity contribution >= 4 is 22.3 Å². The van der Waals surface area contributed by atoms with Crippen LogP contribution < -0.4 is 10.1 Å². The van der Waals surface area contributed by atoms with Crippen LogP contribution in [0, 0.1) is 0 Å². The van der Waals surface area contributed by atoms with Gasteiger partial charge in [-0.05, 0) is 12.1 Å². The quantitative estimate of drug-likeness (QED) is 0.938. The Hall–Kier alpha value is -1.92. The number of fused-ring (bicyclic) bond motifs is 1. The van der Waals surface area contributed by atoms with Crippen molar-refractivity contribution in [2.75, 3.05) is 25.5 Å². The molecule has 1 N–H and O–H groups in total. The van der Waals surface area contributed by atoms with E-state index < -0.39 is 0 Å². The summed E-state index contributed by atoms with van der Waals surface area (Å²) in [5.74, 6) is 0.927. The van der Waals surface area contributed by atoms with Crippen LogP contribution in [0.2, 0.25) is 0 Å². The maximum absolute atomic E-state index is 12.4. The molecule has 4 rings (SSSR count). The van der Waals surface area contributed by atoms with Gasteiger partial charge < -0.3 is 10.1 Å². The SMILES string of the molecule is CNc1nc(CN2CCC3(CC(=O)c4ccccc4O3)C2)cs1. The minimum Gasteiger partial charge on any atom is -0.485 e. The summed E-state index contributed by atoms with van der Waals surface area (Å²) in [6.07, 6.45) is 1.36. The zero-order valence-electron chi connectivity index (χ0n) is 13.0. The highest BCUT2D eigenvalue weighted by atomic mass is 32.1. The number of likely N-dealkylation sites (tertiary alicyclic amines) is 1. The molecule has 2 aliphatic heterocycles. The number of ether oxygens (including phenoxy) is 1. The van der Waals surface area contributed by atoms with E-state index in [4.69, 9.17) is 4.74 Å². The van der Waals surface area contributed by atoms with Gasteiger partial charge in [-0.1, -0.05) is 12.1 Å². The number of hydrogen-bond acceptors (Lipinski definition) is 6. The number of ketones is 1. The van der Waals surface area contributed by atoms with Gasteiger partial charge in [0.2, 0.25) is 0 Å². The maximum Gasteiger partial charge on any atom is 0.182 e. The molecule has 1 spiro atoms. The van der Waals surface area contributed by atoms with Crippen LogP contribution in [0.15, 0.2) is 29.6 Å². The Morgan fingerprint density at radius 3 is 3.13 bits per heavy atom. The lowest BCUT2D eigenvalue weighted by Crippen LogP contribution is -2.44. The molecule has 3 heterocycles. The Bertz CT molecular complexity index is 745. The number of carbonyl (C=O) groups is 1. The number of Topliss-reactive ketones (excluding diaryl/α,β-unsaturated/α-hetero) is 1. The Labute approximate surface area is 139 Å². The number of thiazole rings is 1. The molecule has 6 heteroatoms. The van der Waals surface area contributed by atoms with Gasteiger partial charge in [0.25, 0.3) is 0 Å². The van der Waals surface area contributed by atoms with Gasteiger partial charge in [0, 0.05) is 38.5 Å². The van der Waals surface area contributed by atoms with Gasteiger partial charge in [0.15, 0.2) is 10.9 Å². The molecule has 0 aliphatic carbocycles. The molecule has 1 fully saturated rings. The topological polar surface area (TPSA) is 54.5 Å². The van der Waals surface area contributed by atoms with Crippen LogP contribution >= 0.6 is 11.3 Å². The second-order valence-corrected chi connectivity index (χ2v) is 7.09. The number of nitrogens with one attached hydrogen (secondary N) is 1. The highest BCUT2D eigenvalue weighted by Crippen LogP contribution is 2.38. The molecule has 1 aromatic carbocycles. The number of aromatic nitrogens is 1. The van der Waals surface area contributed by atoms with Crippen LogP contribution in [-0.4, -0.2) is 41.4 Å². The van der Waals surface area contributed by atoms with Gasteiger partial charge in [-0.3, -0.25) is 9.69 Å². The van der Waals surface area contributed by atoms with E-state index in [0.717, 1.165) is 48.2 Å². The van der Waals surface area contributed by atoms with Crippen molar-refractivity contribution in [2.45, 2.75) is 25.0 Å². The first kappa shape index (κ1) is 14.7. The smallest absolute Gasteiger partial charge is 0.182 e. The molecule has 0 saturated carbocycles. The van der Waals surface area contributed by atoms with Gasteiger partial charge in [-0.2, -0.15) is 0 Å². The van der Waals surface area contributed by atoms with E-state index in [2.05, 4.69) is 20.6 Å². The molecule has 120 valence electrons. The van der Waals surface area contributed by atoms with E-state index >= 15 is 0 Å². The van der Waals surface area contributed by atoms with Crippen LogP contribution in [0.5, 0.6) is 5.75 Å². The van der Waals surface area contributed by atoms with Crippen molar-refractivity contribution in [3.63, 3.8) is 0 Å². The third-order valence-corrected chi connectivity index (χ3v) is 5.45. The van der Waals surface area contributed by atoms with E-state index in [1.54, 1.807) is 11.3 Å². The molecule has 1 unspecified atom stereocenters. The molecule has 0 radical (unpaired) electrons. The highest BCUT2D eigenvalue weighted by molar-refractivity contribution is 7.13. The van der Waals surface area contributed by atoms with E-state index in [1.807, 2.05) is 31.3 Å². The molecular formula is C17H19N3O2S. The van der Waals surface area contributed by atoms with E-state index in [0.29, 0.717) is 6.42 Å². The third-order valence-electron chi connectivity index (χ3n) is 4.54. The number of para-hydroxylation sites is 1. The minimum atomic E-state index is -0.368. The lowest BCUT2D eigenvalue weighted by Gasteiger charge is -2.34. The number of rotatable bonds is 3. The van der Waals surface area contributed by atoms with Crippen molar-refractivity contribution in [3.05, 3.63) is 40.9 Å². The summed E-state index contributed by atoms with van der Waals surface area (Å²) in [5, 5.41) is 6.08. The van der Waals surface area contributed by atoms with E-state index in [9.17, 15) is 4.79 Å². The number of carbonyl (C=O) groups excluding carboxylic acids is 1. The van der Waals surface area contributed by atoms with Gasteiger partial charge in [-0.15, -0.1) is 11.3 Å². The predicted molar refractivity (Wildman–Crippen MR) is 90.3 cm³/mol. The Kier molecular flexibility index (Phi) is 3.58. The zero-order chi connectivity index (χ0) is 15.9. The summed E-state index contributed by atoms with van der Waals surface area (Å²) in [5.41, 5.74) is 1.42. The first-order valence-corrected chi connectivity index (χ1v) is 8.71. The number of hydrogen-bond donors (Lipinski definition) is 1. The average molecular weight is 329 g/mol. The zero-order valence-corrected chi connectivity index (χ0v) is 13.9. The second-order valence-electron chi connectivity index (χ2n) is 6.24. The summed E-state index contributed by atoms with van der Waals surface area (Å²) in [6.45, 7) is 2.51. The van der Waals surface area contributed by atoms with Crippen molar-refractivity contribution in [1.29, 1.82) is 0 Å². The van der Waals surface area contributed by atoms with Crippen LogP contribution in [0.25, 0.3) is 0 Å². The molecular weight excluding hydrogens is 310 g/mol. The molecule has 0 bridgehead atoms. The molecule has 1 aromatic heterocycles. The van der Waals surface area contributed by atoms with E-state index in [1.165, 1.54) is 0 Å². The summed E-state index contributed by atoms with van der Waals surface area (Å²) < 4.78 is 6.25. The van der Waals surface area contributed by atoms with Crippen LogP contribution in [0.4, 0.5) is 5.13 Å². The summed E-state index contributed by atoms with van der Waals surface area (Å²) in [4.78, 5) is 19.3. The summed E-state index contributed by atoms with van der Waals surface area (Å²) in [7, 11) is 1.88. The summed E-state index contributed by atoms with van der Waals surface area (Å²) in [6, 6.07) is 7.56. The largest absolute Gasteiger partial charge is 0.485 e. The van der Waals surface area contributed by atoms with Crippen LogP contribution in [0.1, 0.15) is 28.9 Å². The molecule has 0 amide bonds. The monoisotopic (exact) mass is 329 g/mol. The second kappa shape index (κ2) is 5.62. The van der Waals surface area contributed by atoms with Crippen molar-refractivity contribution < 1.29 is 9.53 Å². The van der Waals surface area contributed by atoms with Crippen LogP contribution in [-0.2, 0) is 6.54 Å². The molecule has 1 atom stereocenters. The summed E-state index contributed by atoms with van der Waals surface area (Å²) >= 11 is 1.62. The molecule has 1 saturated heterocycles. The third kappa shape index (κ3) is 2.72. The van der Waals surface area contributed by atoms with E-state index in [-0.39, 0.29) is 11.4 Å². The van der Waals surface area contributed by atoms with Gasteiger partial charge in [0.1, 0.15) is 11.4 Å². The van der Waals surface area contributed by atoms with Crippen LogP contribution in [0.3, 0.4) is 0 Å². The molecule has 2 aromatic rings. The number of nitrogens with zero attached hydrogens (tertiary/aromatic N) is 2. The molecule has 5 nitrogen and oxygen atoms in total. The lowest BCUT2D eigenvalue weighted by atomic mass is 9.89. The first-order valence-electron chi connectivity index (χ1n) is 7.83. The number of anilines is 1. The molecule has 23 heavy (non-hydrogen) atoms. The maximum atomic E-state index is 12.4. The lowest BCUT2D eigenvalue weighted by molar-refractivity contribution is 0.0455. The van der Waals surface area contributed by atoms with Crippen molar-refractivity contribution in [2.24, 2.45) is 0 Å². The first-order chi connectivity index (χ1) is 11.2. The fraction of sp³-hybridized carbons (Fsp3) is 0.412. The fourth-order valence-corrected chi connectivity index (χ4v) is 4.12. The fourth-order valence-electron chi connectivity index (χ4n) is 3.46. The van der Waals surface area contributed by atoms with Gasteiger partial charge in [-0.25, -0.2) is 4.98 Å². The average Bonchev–Trinajstić information content (AvgIpc) is 3.15.